The lowest BCUT2D eigenvalue weighted by Crippen LogP contribution is -2.10. The number of ether oxygens (including phenoxy) is 1. The van der Waals surface area contributed by atoms with E-state index in [-0.39, 0.29) is 6.10 Å². The maximum atomic E-state index is 11.5. The lowest BCUT2D eigenvalue weighted by atomic mass is 10.2. The van der Waals surface area contributed by atoms with E-state index in [1.807, 2.05) is 0 Å². The normalized spacial score (nSPS) is 10.4. The Morgan fingerprint density at radius 3 is 2.44 bits per heavy atom. The van der Waals surface area contributed by atoms with Gasteiger partial charge in [-0.25, -0.2) is 4.79 Å². The van der Waals surface area contributed by atoms with Crippen LogP contribution in [0.3, 0.4) is 0 Å². The fourth-order valence-electron chi connectivity index (χ4n) is 1.21. The molecule has 0 saturated heterocycles. The van der Waals surface area contributed by atoms with Crippen LogP contribution in [0.15, 0.2) is 24.3 Å². The van der Waals surface area contributed by atoms with Crippen molar-refractivity contribution >= 4 is 5.97 Å². The molecule has 0 aliphatic rings. The highest BCUT2D eigenvalue weighted by Crippen LogP contribution is 2.13. The van der Waals surface area contributed by atoms with Crippen LogP contribution >= 0.6 is 0 Å². The van der Waals surface area contributed by atoms with E-state index in [0.717, 1.165) is 18.6 Å². The molecule has 0 unspecified atom stereocenters. The van der Waals surface area contributed by atoms with Gasteiger partial charge in [-0.15, -0.1) is 0 Å². The Morgan fingerprint density at radius 1 is 1.22 bits per heavy atom. The molecule has 0 bridgehead atoms. The van der Waals surface area contributed by atoms with E-state index in [1.54, 1.807) is 38.1 Å². The number of unbranched alkanes of at least 4 members (excludes halogenated alkanes) is 1. The largest absolute Gasteiger partial charge is 0.494 e. The molecule has 0 radical (unpaired) electrons. The standard InChI is InChI=1S/C14H20O4/c1-4-5-10-16-13-8-6-12(7-9-13)14(15)18-17-11(2)3/h6-9,11H,4-5,10H2,1-3H3. The second kappa shape index (κ2) is 7.71. The molecule has 1 rings (SSSR count). The van der Waals surface area contributed by atoms with Crippen LogP contribution in [-0.4, -0.2) is 18.7 Å². The molecule has 1 aromatic rings. The van der Waals surface area contributed by atoms with E-state index >= 15 is 0 Å². The van der Waals surface area contributed by atoms with Crippen LogP contribution in [0.1, 0.15) is 44.0 Å². The van der Waals surface area contributed by atoms with Gasteiger partial charge in [-0.1, -0.05) is 13.3 Å². The molecule has 4 nitrogen and oxygen atoms in total. The zero-order valence-corrected chi connectivity index (χ0v) is 11.1. The molecule has 0 atom stereocenters. The fourth-order valence-corrected chi connectivity index (χ4v) is 1.21. The van der Waals surface area contributed by atoms with Crippen molar-refractivity contribution in [2.75, 3.05) is 6.61 Å². The highest BCUT2D eigenvalue weighted by atomic mass is 17.2. The summed E-state index contributed by atoms with van der Waals surface area (Å²) in [5, 5.41) is 0. The average Bonchev–Trinajstić information content (AvgIpc) is 2.37. The van der Waals surface area contributed by atoms with Crippen LogP contribution in [0.2, 0.25) is 0 Å². The maximum absolute atomic E-state index is 11.5. The molecule has 0 fully saturated rings. The second-order valence-electron chi connectivity index (χ2n) is 4.24. The minimum atomic E-state index is -0.496. The number of carbonyl (C=O) groups excluding carboxylic acids is 1. The smallest absolute Gasteiger partial charge is 0.373 e. The zero-order valence-electron chi connectivity index (χ0n) is 11.1. The zero-order chi connectivity index (χ0) is 13.4. The molecule has 0 aromatic heterocycles. The summed E-state index contributed by atoms with van der Waals surface area (Å²) in [5.41, 5.74) is 0.443. The van der Waals surface area contributed by atoms with Gasteiger partial charge in [0.05, 0.1) is 18.3 Å². The highest BCUT2D eigenvalue weighted by Gasteiger charge is 2.09. The minimum Gasteiger partial charge on any atom is -0.494 e. The third-order valence-electron chi connectivity index (χ3n) is 2.17. The Morgan fingerprint density at radius 2 is 1.89 bits per heavy atom. The summed E-state index contributed by atoms with van der Waals surface area (Å²) in [6.45, 7) is 6.38. The van der Waals surface area contributed by atoms with Gasteiger partial charge in [-0.05, 0) is 44.5 Å². The van der Waals surface area contributed by atoms with E-state index in [2.05, 4.69) is 11.8 Å². The fraction of sp³-hybridized carbons (Fsp3) is 0.500. The summed E-state index contributed by atoms with van der Waals surface area (Å²) in [6, 6.07) is 6.82. The Balaban J connectivity index is 2.46. The van der Waals surface area contributed by atoms with Crippen LogP contribution in [0.4, 0.5) is 0 Å². The van der Waals surface area contributed by atoms with Gasteiger partial charge in [-0.3, -0.25) is 4.89 Å². The monoisotopic (exact) mass is 252 g/mol. The predicted octanol–water partition coefficient (Wildman–Crippen LogP) is 3.36. The Kier molecular flexibility index (Phi) is 6.22. The Bertz CT molecular complexity index is 357. The molecule has 0 N–H and O–H groups in total. The van der Waals surface area contributed by atoms with Crippen molar-refractivity contribution in [2.45, 2.75) is 39.7 Å². The number of benzene rings is 1. The van der Waals surface area contributed by atoms with Gasteiger partial charge in [-0.2, -0.15) is 4.89 Å². The van der Waals surface area contributed by atoms with Gasteiger partial charge >= 0.3 is 5.97 Å². The van der Waals surface area contributed by atoms with Crippen LogP contribution in [0.5, 0.6) is 5.75 Å². The van der Waals surface area contributed by atoms with Crippen molar-refractivity contribution in [1.82, 2.24) is 0 Å². The molecule has 4 heteroatoms. The Labute approximate surface area is 108 Å². The lowest BCUT2D eigenvalue weighted by molar-refractivity contribution is -0.265. The molecule has 1 aromatic carbocycles. The topological polar surface area (TPSA) is 44.8 Å². The third-order valence-corrected chi connectivity index (χ3v) is 2.17. The van der Waals surface area contributed by atoms with Crippen LogP contribution < -0.4 is 4.74 Å². The van der Waals surface area contributed by atoms with E-state index in [4.69, 9.17) is 9.62 Å². The van der Waals surface area contributed by atoms with Gasteiger partial charge in [0.2, 0.25) is 0 Å². The van der Waals surface area contributed by atoms with Gasteiger partial charge in [0, 0.05) is 0 Å². The molecule has 0 amide bonds. The van der Waals surface area contributed by atoms with Crippen molar-refractivity contribution < 1.29 is 19.3 Å². The van der Waals surface area contributed by atoms with Gasteiger partial charge in [0.1, 0.15) is 5.75 Å². The second-order valence-corrected chi connectivity index (χ2v) is 4.24. The van der Waals surface area contributed by atoms with Crippen molar-refractivity contribution in [3.8, 4) is 5.75 Å². The SMILES string of the molecule is CCCCOc1ccc(C(=O)OOC(C)C)cc1. The third kappa shape index (κ3) is 5.19. The molecular weight excluding hydrogens is 232 g/mol. The minimum absolute atomic E-state index is 0.148. The van der Waals surface area contributed by atoms with Crippen LogP contribution in [0, 0.1) is 0 Å². The molecular formula is C14H20O4. The quantitative estimate of drug-likeness (QED) is 0.424. The number of hydrogen-bond donors (Lipinski definition) is 0. The molecule has 0 aliphatic carbocycles. The van der Waals surface area contributed by atoms with Crippen LogP contribution in [0.25, 0.3) is 0 Å². The van der Waals surface area contributed by atoms with Crippen LogP contribution in [-0.2, 0) is 9.78 Å². The van der Waals surface area contributed by atoms with E-state index in [9.17, 15) is 4.79 Å². The molecule has 0 heterocycles. The average molecular weight is 252 g/mol. The predicted molar refractivity (Wildman–Crippen MR) is 68.5 cm³/mol. The summed E-state index contributed by atoms with van der Waals surface area (Å²) in [5.74, 6) is 0.258. The summed E-state index contributed by atoms with van der Waals surface area (Å²) in [7, 11) is 0. The first-order chi connectivity index (χ1) is 8.63. The van der Waals surface area contributed by atoms with Gasteiger partial charge in [0.15, 0.2) is 0 Å². The van der Waals surface area contributed by atoms with Crippen molar-refractivity contribution in [1.29, 1.82) is 0 Å². The summed E-state index contributed by atoms with van der Waals surface area (Å²) < 4.78 is 5.50. The van der Waals surface area contributed by atoms with Gasteiger partial charge < -0.3 is 4.74 Å². The number of hydrogen-bond acceptors (Lipinski definition) is 4. The first-order valence-corrected chi connectivity index (χ1v) is 6.24. The van der Waals surface area contributed by atoms with Crippen molar-refractivity contribution in [2.24, 2.45) is 0 Å². The van der Waals surface area contributed by atoms with Crippen molar-refractivity contribution in [3.05, 3.63) is 29.8 Å². The highest BCUT2D eigenvalue weighted by molar-refractivity contribution is 5.89. The number of rotatable bonds is 7. The number of carbonyl (C=O) groups is 1. The molecule has 0 aliphatic heterocycles. The first kappa shape index (κ1) is 14.5. The molecule has 0 saturated carbocycles. The lowest BCUT2D eigenvalue weighted by Gasteiger charge is -2.07. The van der Waals surface area contributed by atoms with E-state index < -0.39 is 5.97 Å². The van der Waals surface area contributed by atoms with Gasteiger partial charge in [0.25, 0.3) is 0 Å². The van der Waals surface area contributed by atoms with Crippen molar-refractivity contribution in [3.63, 3.8) is 0 Å². The Hall–Kier alpha value is -1.55. The summed E-state index contributed by atoms with van der Waals surface area (Å²) in [4.78, 5) is 21.0. The summed E-state index contributed by atoms with van der Waals surface area (Å²) >= 11 is 0. The summed E-state index contributed by atoms with van der Waals surface area (Å²) in [6.07, 6.45) is 1.97. The molecule has 18 heavy (non-hydrogen) atoms. The molecule has 0 spiro atoms. The van der Waals surface area contributed by atoms with E-state index in [1.165, 1.54) is 0 Å². The maximum Gasteiger partial charge on any atom is 0.373 e. The van der Waals surface area contributed by atoms with E-state index in [0.29, 0.717) is 12.2 Å². The molecule has 100 valence electrons. The first-order valence-electron chi connectivity index (χ1n) is 6.24.